The predicted molar refractivity (Wildman–Crippen MR) is 77.7 cm³/mol. The van der Waals surface area contributed by atoms with Crippen molar-refractivity contribution < 1.29 is 4.79 Å². The Labute approximate surface area is 118 Å². The highest BCUT2D eigenvalue weighted by Crippen LogP contribution is 2.33. The summed E-state index contributed by atoms with van der Waals surface area (Å²) in [7, 11) is 1.91. The Hall–Kier alpha value is -1.68. The molecular formula is C16H19N3O. The summed E-state index contributed by atoms with van der Waals surface area (Å²) in [6.45, 7) is 0. The van der Waals surface area contributed by atoms with E-state index in [1.165, 1.54) is 12.8 Å². The first-order chi connectivity index (χ1) is 9.69. The molecule has 2 atom stereocenters. The van der Waals surface area contributed by atoms with Gasteiger partial charge in [0.2, 0.25) is 0 Å². The van der Waals surface area contributed by atoms with Gasteiger partial charge in [-0.25, -0.2) is 0 Å². The first kappa shape index (κ1) is 12.1. The van der Waals surface area contributed by atoms with E-state index in [0.29, 0.717) is 17.9 Å². The summed E-state index contributed by atoms with van der Waals surface area (Å²) in [5.74, 6) is 0.492. The van der Waals surface area contributed by atoms with E-state index in [2.05, 4.69) is 10.4 Å². The third-order valence-corrected chi connectivity index (χ3v) is 4.75. The summed E-state index contributed by atoms with van der Waals surface area (Å²) in [6.07, 6.45) is 6.43. The zero-order valence-corrected chi connectivity index (χ0v) is 11.7. The number of ketones is 1. The maximum atomic E-state index is 12.7. The van der Waals surface area contributed by atoms with Gasteiger partial charge in [-0.3, -0.25) is 9.48 Å². The number of piperidine rings is 1. The number of carbonyl (C=O) groups excluding carboxylic acids is 1. The van der Waals surface area contributed by atoms with E-state index >= 15 is 0 Å². The summed E-state index contributed by atoms with van der Waals surface area (Å²) >= 11 is 0. The van der Waals surface area contributed by atoms with Gasteiger partial charge in [0.05, 0.1) is 5.52 Å². The van der Waals surface area contributed by atoms with Gasteiger partial charge < -0.3 is 5.32 Å². The highest BCUT2D eigenvalue weighted by molar-refractivity contribution is 6.00. The number of hydrogen-bond acceptors (Lipinski definition) is 3. The van der Waals surface area contributed by atoms with Gasteiger partial charge in [-0.05, 0) is 31.7 Å². The van der Waals surface area contributed by atoms with Gasteiger partial charge in [-0.15, -0.1) is 0 Å². The molecular weight excluding hydrogens is 250 g/mol. The van der Waals surface area contributed by atoms with Crippen molar-refractivity contribution in [3.63, 3.8) is 0 Å². The lowest BCUT2D eigenvalue weighted by atomic mass is 9.86. The van der Waals surface area contributed by atoms with Crippen LogP contribution in [0.2, 0.25) is 0 Å². The van der Waals surface area contributed by atoms with Crippen LogP contribution in [0.5, 0.6) is 0 Å². The molecule has 0 spiro atoms. The van der Waals surface area contributed by atoms with Crippen LogP contribution in [0.1, 0.15) is 36.0 Å². The number of nitrogens with one attached hydrogen (secondary N) is 1. The fraction of sp³-hybridized carbons (Fsp3) is 0.500. The summed E-state index contributed by atoms with van der Waals surface area (Å²) in [4.78, 5) is 12.7. The molecule has 104 valence electrons. The molecule has 2 bridgehead atoms. The topological polar surface area (TPSA) is 46.9 Å². The van der Waals surface area contributed by atoms with E-state index in [9.17, 15) is 4.79 Å². The molecule has 1 aromatic carbocycles. The van der Waals surface area contributed by atoms with Crippen molar-refractivity contribution in [2.24, 2.45) is 13.0 Å². The van der Waals surface area contributed by atoms with Gasteiger partial charge >= 0.3 is 0 Å². The number of aromatic nitrogens is 2. The zero-order valence-electron chi connectivity index (χ0n) is 11.7. The number of Topliss-reactive ketones (excluding diaryl/α,β-unsaturated/α-hetero) is 1. The maximum Gasteiger partial charge on any atom is 0.166 e. The lowest BCUT2D eigenvalue weighted by Crippen LogP contribution is -2.40. The smallest absolute Gasteiger partial charge is 0.166 e. The molecule has 0 amide bonds. The fourth-order valence-corrected chi connectivity index (χ4v) is 3.80. The quantitative estimate of drug-likeness (QED) is 0.851. The lowest BCUT2D eigenvalue weighted by Gasteiger charge is -2.28. The highest BCUT2D eigenvalue weighted by Gasteiger charge is 2.36. The number of fused-ring (bicyclic) bond motifs is 3. The number of rotatable bonds is 2. The molecule has 0 saturated carbocycles. The first-order valence-electron chi connectivity index (χ1n) is 7.43. The lowest BCUT2D eigenvalue weighted by molar-refractivity contribution is 0.0876. The molecule has 0 aliphatic carbocycles. The minimum atomic E-state index is 0.190. The molecule has 2 aliphatic rings. The first-order valence-corrected chi connectivity index (χ1v) is 7.43. The largest absolute Gasteiger partial charge is 0.311 e. The van der Waals surface area contributed by atoms with Crippen molar-refractivity contribution in [1.29, 1.82) is 0 Å². The van der Waals surface area contributed by atoms with Crippen LogP contribution in [0.15, 0.2) is 24.4 Å². The minimum Gasteiger partial charge on any atom is -0.311 e. The molecule has 1 N–H and O–H groups in total. The Bertz CT molecular complexity index is 663. The average molecular weight is 269 g/mol. The second-order valence-corrected chi connectivity index (χ2v) is 6.25. The average Bonchev–Trinajstić information content (AvgIpc) is 2.98. The number of aryl methyl sites for hydroxylation is 1. The summed E-state index contributed by atoms with van der Waals surface area (Å²) in [5, 5.41) is 9.08. The molecule has 2 unspecified atom stereocenters. The molecule has 4 nitrogen and oxygen atoms in total. The standard InChI is InChI=1S/C16H19N3O/c1-19-9-11-3-2-10(8-15(11)18-19)16(20)12-6-13-4-5-14(7-12)17-13/h2-3,8-9,12-14,17H,4-7H2,1H3. The van der Waals surface area contributed by atoms with E-state index < -0.39 is 0 Å². The van der Waals surface area contributed by atoms with E-state index in [4.69, 9.17) is 0 Å². The van der Waals surface area contributed by atoms with Gasteiger partial charge in [-0.2, -0.15) is 5.10 Å². The SMILES string of the molecule is Cn1cc2ccc(C(=O)C3CC4CCC(C3)N4)cc2n1. The summed E-state index contributed by atoms with van der Waals surface area (Å²) < 4.78 is 1.80. The fourth-order valence-electron chi connectivity index (χ4n) is 3.80. The molecule has 20 heavy (non-hydrogen) atoms. The Morgan fingerprint density at radius 1 is 1.30 bits per heavy atom. The summed E-state index contributed by atoms with van der Waals surface area (Å²) in [6, 6.07) is 7.02. The van der Waals surface area contributed by atoms with Crippen LogP contribution in [0.25, 0.3) is 10.9 Å². The van der Waals surface area contributed by atoms with E-state index in [-0.39, 0.29) is 5.92 Å². The van der Waals surface area contributed by atoms with Crippen molar-refractivity contribution in [3.05, 3.63) is 30.0 Å². The van der Waals surface area contributed by atoms with Crippen LogP contribution in [-0.4, -0.2) is 27.6 Å². The second-order valence-electron chi connectivity index (χ2n) is 6.25. The van der Waals surface area contributed by atoms with Crippen molar-refractivity contribution in [1.82, 2.24) is 15.1 Å². The molecule has 2 saturated heterocycles. The molecule has 4 rings (SSSR count). The third kappa shape index (κ3) is 1.95. The van der Waals surface area contributed by atoms with Crippen molar-refractivity contribution in [3.8, 4) is 0 Å². The van der Waals surface area contributed by atoms with Crippen LogP contribution in [0, 0.1) is 5.92 Å². The van der Waals surface area contributed by atoms with Crippen LogP contribution in [-0.2, 0) is 7.05 Å². The zero-order chi connectivity index (χ0) is 13.7. The molecule has 2 fully saturated rings. The number of benzene rings is 1. The maximum absolute atomic E-state index is 12.7. The van der Waals surface area contributed by atoms with Crippen molar-refractivity contribution >= 4 is 16.7 Å². The third-order valence-electron chi connectivity index (χ3n) is 4.75. The van der Waals surface area contributed by atoms with E-state index in [1.807, 2.05) is 31.4 Å². The predicted octanol–water partition coefficient (Wildman–Crippen LogP) is 2.29. The van der Waals surface area contributed by atoms with Crippen LogP contribution in [0.3, 0.4) is 0 Å². The van der Waals surface area contributed by atoms with Crippen LogP contribution >= 0.6 is 0 Å². The number of nitrogens with zero attached hydrogens (tertiary/aromatic N) is 2. The normalized spacial score (nSPS) is 28.9. The molecule has 2 aromatic rings. The van der Waals surface area contributed by atoms with E-state index in [1.54, 1.807) is 4.68 Å². The molecule has 0 radical (unpaired) electrons. The van der Waals surface area contributed by atoms with Gasteiger partial charge in [0.25, 0.3) is 0 Å². The summed E-state index contributed by atoms with van der Waals surface area (Å²) in [5.41, 5.74) is 1.73. The Morgan fingerprint density at radius 2 is 2.05 bits per heavy atom. The van der Waals surface area contributed by atoms with Crippen molar-refractivity contribution in [2.75, 3.05) is 0 Å². The molecule has 2 aliphatic heterocycles. The van der Waals surface area contributed by atoms with Gasteiger partial charge in [-0.1, -0.05) is 12.1 Å². The Balaban J connectivity index is 1.63. The van der Waals surface area contributed by atoms with Gasteiger partial charge in [0.15, 0.2) is 5.78 Å². The molecule has 3 heterocycles. The van der Waals surface area contributed by atoms with Gasteiger partial charge in [0.1, 0.15) is 0 Å². The van der Waals surface area contributed by atoms with Crippen LogP contribution < -0.4 is 5.32 Å². The Morgan fingerprint density at radius 3 is 2.80 bits per heavy atom. The monoisotopic (exact) mass is 269 g/mol. The number of carbonyl (C=O) groups is 1. The highest BCUT2D eigenvalue weighted by atomic mass is 16.1. The van der Waals surface area contributed by atoms with Crippen molar-refractivity contribution in [2.45, 2.75) is 37.8 Å². The number of hydrogen-bond donors (Lipinski definition) is 1. The second kappa shape index (κ2) is 4.42. The van der Waals surface area contributed by atoms with Crippen LogP contribution in [0.4, 0.5) is 0 Å². The Kier molecular flexibility index (Phi) is 2.67. The molecule has 4 heteroatoms. The van der Waals surface area contributed by atoms with Gasteiger partial charge in [0, 0.05) is 42.2 Å². The molecule has 1 aromatic heterocycles. The van der Waals surface area contributed by atoms with E-state index in [0.717, 1.165) is 29.3 Å². The minimum absolute atomic E-state index is 0.190.